The van der Waals surface area contributed by atoms with Crippen LogP contribution in [0.1, 0.15) is 6.42 Å². The van der Waals surface area contributed by atoms with Crippen LogP contribution in [0.3, 0.4) is 0 Å². The van der Waals surface area contributed by atoms with Crippen molar-refractivity contribution >= 4 is 39.2 Å². The first-order valence-electron chi connectivity index (χ1n) is 8.65. The number of hydrogen-bond acceptors (Lipinski definition) is 0. The van der Waals surface area contributed by atoms with Gasteiger partial charge in [-0.1, -0.05) is 0 Å². The van der Waals surface area contributed by atoms with Gasteiger partial charge < -0.3 is 0 Å². The van der Waals surface area contributed by atoms with Crippen LogP contribution in [0.4, 0.5) is 92.2 Å². The molecule has 0 fully saturated rings. The predicted octanol–water partition coefficient (Wildman–Crippen LogP) is 9.87. The topological polar surface area (TPSA) is 0 Å². The van der Waals surface area contributed by atoms with Crippen LogP contribution in [0, 0.1) is 0 Å². The van der Waals surface area contributed by atoms with Crippen molar-refractivity contribution in [2.24, 2.45) is 0 Å². The number of alkyl halides is 21. The van der Waals surface area contributed by atoms with E-state index in [0.717, 1.165) is 0 Å². The molecule has 0 amide bonds. The molecule has 234 valence electrons. The second-order valence-corrected chi connectivity index (χ2v) is 16.6. The summed E-state index contributed by atoms with van der Waals surface area (Å²) in [7, 11) is 0. The zero-order valence-corrected chi connectivity index (χ0v) is 20.4. The quantitative estimate of drug-likeness (QED) is 0.0821. The van der Waals surface area contributed by atoms with Crippen LogP contribution in [0.25, 0.3) is 0 Å². The second-order valence-electron chi connectivity index (χ2n) is 7.34. The largest absolute Gasteiger partial charge is 0.460 e. The molecule has 39 heavy (non-hydrogen) atoms. The highest BCUT2D eigenvalue weighted by Gasteiger charge is 2.90. The van der Waals surface area contributed by atoms with Gasteiger partial charge in [-0.2, -0.15) is 92.2 Å². The lowest BCUT2D eigenvalue weighted by atomic mass is 9.92. The Bertz CT molecular complexity index is 901. The minimum Gasteiger partial charge on any atom is -0.200 e. The van der Waals surface area contributed by atoms with E-state index in [9.17, 15) is 92.2 Å². The van der Waals surface area contributed by atoms with E-state index in [4.69, 9.17) is 33.2 Å². The van der Waals surface area contributed by atoms with E-state index in [2.05, 4.69) is 0 Å². The second kappa shape index (κ2) is 10.3. The molecule has 0 aliphatic heterocycles. The maximum Gasteiger partial charge on any atom is 0.460 e. The van der Waals surface area contributed by atoms with Gasteiger partial charge in [0, 0.05) is 6.42 Å². The third-order valence-electron chi connectivity index (χ3n) is 4.45. The maximum absolute atomic E-state index is 13.6. The summed E-state index contributed by atoms with van der Waals surface area (Å²) in [6.07, 6.45) is -15.7. The molecule has 0 saturated heterocycles. The predicted molar refractivity (Wildman–Crippen MR) is 92.5 cm³/mol. The smallest absolute Gasteiger partial charge is 0.200 e. The third-order valence-corrected chi connectivity index (χ3v) is 6.97. The van der Waals surface area contributed by atoms with Crippen LogP contribution >= 0.6 is 33.2 Å². The van der Waals surface area contributed by atoms with Gasteiger partial charge in [-0.3, -0.25) is 0 Å². The van der Waals surface area contributed by atoms with Gasteiger partial charge in [-0.25, -0.2) is 0 Å². The molecule has 0 aromatic heterocycles. The normalized spacial score (nSPS) is 16.8. The first kappa shape index (κ1) is 38.4. The molecule has 0 radical (unpaired) electrons. The van der Waals surface area contributed by atoms with Crippen LogP contribution in [-0.2, 0) is 0 Å². The molecule has 0 aromatic carbocycles. The molecular weight excluding hydrogens is 702 g/mol. The van der Waals surface area contributed by atoms with Gasteiger partial charge in [0.1, 0.15) is 0 Å². The van der Waals surface area contributed by atoms with Gasteiger partial charge in [0.05, 0.1) is 0 Å². The van der Waals surface area contributed by atoms with Crippen LogP contribution in [0.2, 0.25) is 6.04 Å². The molecule has 0 aliphatic rings. The summed E-state index contributed by atoms with van der Waals surface area (Å²) < 4.78 is 277. The molecule has 0 N–H and O–H groups in total. The van der Waals surface area contributed by atoms with Gasteiger partial charge >= 0.3 is 65.5 Å². The average Bonchev–Trinajstić information content (AvgIpc) is 2.68. The van der Waals surface area contributed by atoms with E-state index in [1.54, 1.807) is 0 Å². The summed E-state index contributed by atoms with van der Waals surface area (Å²) in [5.41, 5.74) is 0. The minimum atomic E-state index is -8.54. The van der Waals surface area contributed by atoms with Gasteiger partial charge in [-0.05, 0) is 18.2 Å². The van der Waals surface area contributed by atoms with Crippen molar-refractivity contribution < 1.29 is 92.2 Å². The van der Waals surface area contributed by atoms with Crippen LogP contribution in [0.5, 0.6) is 0 Å². The Morgan fingerprint density at radius 2 is 0.692 bits per heavy atom. The molecule has 0 bridgehead atoms. The van der Waals surface area contributed by atoms with Crippen molar-refractivity contribution in [2.75, 3.05) is 0 Å². The molecule has 0 spiro atoms. The monoisotopic (exact) mass is 706 g/mol. The number of halogens is 24. The van der Waals surface area contributed by atoms with E-state index in [1.807, 2.05) is 0 Å². The third kappa shape index (κ3) is 6.41. The fraction of sp³-hybridized carbons (Fsp3) is 0.857. The number of allylic oxidation sites excluding steroid dienone is 2. The summed E-state index contributed by atoms with van der Waals surface area (Å²) in [5.74, 6) is -69.5. The highest BCUT2D eigenvalue weighted by molar-refractivity contribution is 7.64. The summed E-state index contributed by atoms with van der Waals surface area (Å²) >= 11 is 15.1. The van der Waals surface area contributed by atoms with Crippen molar-refractivity contribution in [1.82, 2.24) is 0 Å². The lowest BCUT2D eigenvalue weighted by molar-refractivity contribution is -0.436. The van der Waals surface area contributed by atoms with Crippen molar-refractivity contribution in [3.8, 4) is 0 Å². The first-order chi connectivity index (χ1) is 16.4. The Balaban J connectivity index is 6.59. The molecule has 0 heterocycles. The van der Waals surface area contributed by atoms with Gasteiger partial charge in [0.2, 0.25) is 0 Å². The fourth-order valence-corrected chi connectivity index (χ4v) is 3.54. The number of hydrogen-bond donors (Lipinski definition) is 0. The summed E-state index contributed by atoms with van der Waals surface area (Å²) in [5, 5.41) is 0. The van der Waals surface area contributed by atoms with Crippen molar-refractivity contribution in [3.05, 3.63) is 12.2 Å². The summed E-state index contributed by atoms with van der Waals surface area (Å²) in [6.45, 7) is 0. The average molecular weight is 708 g/mol. The van der Waals surface area contributed by atoms with E-state index in [0.29, 0.717) is 0 Å². The van der Waals surface area contributed by atoms with Gasteiger partial charge in [-0.15, -0.1) is 33.2 Å². The molecule has 0 saturated carbocycles. The summed E-state index contributed by atoms with van der Waals surface area (Å²) in [6, 6.07) is -5.98. The maximum atomic E-state index is 13.6. The van der Waals surface area contributed by atoms with E-state index < -0.39 is 90.1 Å². The van der Waals surface area contributed by atoms with Crippen LogP contribution in [-0.4, -0.2) is 65.5 Å². The van der Waals surface area contributed by atoms with Crippen molar-refractivity contribution in [2.45, 2.75) is 71.9 Å². The summed E-state index contributed by atoms with van der Waals surface area (Å²) in [4.78, 5) is 0. The molecule has 0 atom stereocenters. The Kier molecular flexibility index (Phi) is 10.1. The standard InChI is InChI=1S/C14H6Cl3F21Si/c15-39(16,17)4-3-7(22,23)9(26,27)8(24,25)5(18,19)1-2-6(20,21)10(28,29)11(30,31)12(32,33)13(34,35)14(36,37)38/h1-2H,3-4H2. The minimum absolute atomic E-state index is 1.63. The number of rotatable bonds is 12. The molecule has 0 nitrogen and oxygen atoms in total. The zero-order valence-electron chi connectivity index (χ0n) is 17.1. The van der Waals surface area contributed by atoms with Gasteiger partial charge in [0.25, 0.3) is 0 Å². The van der Waals surface area contributed by atoms with E-state index in [1.165, 1.54) is 0 Å². The lowest BCUT2D eigenvalue weighted by Gasteiger charge is -2.39. The van der Waals surface area contributed by atoms with Crippen molar-refractivity contribution in [1.29, 1.82) is 0 Å². The zero-order chi connectivity index (χ0) is 32.3. The highest BCUT2D eigenvalue weighted by atomic mass is 35.8. The SMILES string of the molecule is FC(F)(F)C(F)(F)C(F)(F)C(F)(F)C(F)(F)C(F)(F)C=CC(F)(F)C(F)(F)C(F)(F)C(F)(F)CC[Si](Cl)(Cl)Cl. The van der Waals surface area contributed by atoms with Crippen LogP contribution in [0.15, 0.2) is 12.2 Å². The fourth-order valence-electron chi connectivity index (χ4n) is 2.10. The lowest BCUT2D eigenvalue weighted by Crippen LogP contribution is -2.69. The Labute approximate surface area is 216 Å². The first-order valence-corrected chi connectivity index (χ1v) is 13.9. The molecular formula is C14H6Cl3F21Si. The van der Waals surface area contributed by atoms with Crippen molar-refractivity contribution in [3.63, 3.8) is 0 Å². The molecule has 0 unspecified atom stereocenters. The van der Waals surface area contributed by atoms with Crippen LogP contribution < -0.4 is 0 Å². The molecule has 25 heteroatoms. The van der Waals surface area contributed by atoms with E-state index >= 15 is 0 Å². The van der Waals surface area contributed by atoms with E-state index in [-0.39, 0.29) is 0 Å². The Morgan fingerprint density at radius 3 is 0.974 bits per heavy atom. The Hall–Kier alpha value is -0.643. The molecule has 0 aliphatic carbocycles. The molecule has 0 rings (SSSR count). The molecule has 0 aromatic rings. The Morgan fingerprint density at radius 1 is 0.410 bits per heavy atom. The van der Waals surface area contributed by atoms with Gasteiger partial charge in [0.15, 0.2) is 0 Å². The highest BCUT2D eigenvalue weighted by Crippen LogP contribution is 2.61.